The zero-order chi connectivity index (χ0) is 11.7. The Morgan fingerprint density at radius 2 is 1.80 bits per heavy atom. The number of carbonyl (C=O) groups excluding carboxylic acids is 1. The summed E-state index contributed by atoms with van der Waals surface area (Å²) in [7, 11) is 1.92. The highest BCUT2D eigenvalue weighted by Crippen LogP contribution is 2.09. The highest BCUT2D eigenvalue weighted by molar-refractivity contribution is 5.76. The van der Waals surface area contributed by atoms with Gasteiger partial charge < -0.3 is 10.6 Å². The molecule has 0 spiro atoms. The van der Waals surface area contributed by atoms with Crippen molar-refractivity contribution in [2.45, 2.75) is 58.4 Å². The van der Waals surface area contributed by atoms with Crippen molar-refractivity contribution in [1.82, 2.24) is 4.90 Å². The predicted octanol–water partition coefficient (Wildman–Crippen LogP) is 2.15. The van der Waals surface area contributed by atoms with Crippen molar-refractivity contribution < 1.29 is 4.79 Å². The average Bonchev–Trinajstić information content (AvgIpc) is 2.25. The van der Waals surface area contributed by atoms with Crippen molar-refractivity contribution >= 4 is 5.91 Å². The summed E-state index contributed by atoms with van der Waals surface area (Å²) in [4.78, 5) is 13.7. The molecule has 2 N–H and O–H groups in total. The van der Waals surface area contributed by atoms with E-state index in [4.69, 9.17) is 5.73 Å². The molecule has 0 atom stereocenters. The van der Waals surface area contributed by atoms with Gasteiger partial charge in [-0.3, -0.25) is 4.79 Å². The van der Waals surface area contributed by atoms with Gasteiger partial charge in [-0.1, -0.05) is 20.3 Å². The number of rotatable bonds is 8. The first-order valence-corrected chi connectivity index (χ1v) is 6.13. The standard InChI is InChI=1S/C12H26N2O/c1-4-11(5-2)14(3)12(15)9-7-6-8-10-13/h11H,4-10,13H2,1-3H3. The van der Waals surface area contributed by atoms with E-state index >= 15 is 0 Å². The van der Waals surface area contributed by atoms with E-state index in [0.29, 0.717) is 12.5 Å². The van der Waals surface area contributed by atoms with Gasteiger partial charge in [-0.05, 0) is 32.2 Å². The highest BCUT2D eigenvalue weighted by atomic mass is 16.2. The van der Waals surface area contributed by atoms with E-state index in [2.05, 4.69) is 13.8 Å². The van der Waals surface area contributed by atoms with Crippen LogP contribution in [0.1, 0.15) is 52.4 Å². The monoisotopic (exact) mass is 214 g/mol. The average molecular weight is 214 g/mol. The van der Waals surface area contributed by atoms with Crippen LogP contribution in [0.25, 0.3) is 0 Å². The molecule has 3 heteroatoms. The molecule has 0 aromatic rings. The first kappa shape index (κ1) is 14.4. The fraction of sp³-hybridized carbons (Fsp3) is 0.917. The van der Waals surface area contributed by atoms with Gasteiger partial charge in [0.25, 0.3) is 0 Å². The summed E-state index contributed by atoms with van der Waals surface area (Å²) in [5.41, 5.74) is 5.40. The second-order valence-electron chi connectivity index (χ2n) is 4.07. The molecular weight excluding hydrogens is 188 g/mol. The second-order valence-corrected chi connectivity index (χ2v) is 4.07. The van der Waals surface area contributed by atoms with Crippen LogP contribution in [0.5, 0.6) is 0 Å². The Kier molecular flexibility index (Phi) is 8.38. The van der Waals surface area contributed by atoms with Crippen LogP contribution in [0.4, 0.5) is 0 Å². The molecule has 0 fully saturated rings. The highest BCUT2D eigenvalue weighted by Gasteiger charge is 2.15. The lowest BCUT2D eigenvalue weighted by Gasteiger charge is -2.26. The van der Waals surface area contributed by atoms with Crippen LogP contribution in [-0.4, -0.2) is 30.4 Å². The predicted molar refractivity (Wildman–Crippen MR) is 64.7 cm³/mol. The zero-order valence-corrected chi connectivity index (χ0v) is 10.5. The number of hydrogen-bond donors (Lipinski definition) is 1. The Balaban J connectivity index is 3.77. The van der Waals surface area contributed by atoms with Gasteiger partial charge >= 0.3 is 0 Å². The van der Waals surface area contributed by atoms with Gasteiger partial charge in [0.2, 0.25) is 5.91 Å². The van der Waals surface area contributed by atoms with E-state index < -0.39 is 0 Å². The van der Waals surface area contributed by atoms with E-state index in [0.717, 1.165) is 38.6 Å². The summed E-state index contributed by atoms with van der Waals surface area (Å²) in [6.07, 6.45) is 5.83. The molecule has 0 aromatic carbocycles. The molecule has 90 valence electrons. The molecule has 0 aliphatic carbocycles. The van der Waals surface area contributed by atoms with Crippen LogP contribution in [0.2, 0.25) is 0 Å². The minimum Gasteiger partial charge on any atom is -0.343 e. The van der Waals surface area contributed by atoms with Crippen molar-refractivity contribution in [3.05, 3.63) is 0 Å². The number of nitrogens with two attached hydrogens (primary N) is 1. The fourth-order valence-electron chi connectivity index (χ4n) is 1.81. The summed E-state index contributed by atoms with van der Waals surface area (Å²) < 4.78 is 0. The minimum absolute atomic E-state index is 0.278. The Morgan fingerprint density at radius 1 is 1.20 bits per heavy atom. The minimum atomic E-state index is 0.278. The van der Waals surface area contributed by atoms with Crippen LogP contribution < -0.4 is 5.73 Å². The third-order valence-corrected chi connectivity index (χ3v) is 2.98. The largest absolute Gasteiger partial charge is 0.343 e. The number of unbranched alkanes of at least 4 members (excludes halogenated alkanes) is 2. The molecule has 0 unspecified atom stereocenters. The van der Waals surface area contributed by atoms with Gasteiger partial charge in [-0.2, -0.15) is 0 Å². The normalized spacial score (nSPS) is 10.7. The van der Waals surface area contributed by atoms with E-state index in [1.54, 1.807) is 0 Å². The van der Waals surface area contributed by atoms with Gasteiger partial charge in [-0.15, -0.1) is 0 Å². The third kappa shape index (κ3) is 5.78. The third-order valence-electron chi connectivity index (χ3n) is 2.98. The maximum absolute atomic E-state index is 11.8. The van der Waals surface area contributed by atoms with E-state index in [1.807, 2.05) is 11.9 Å². The van der Waals surface area contributed by atoms with Crippen molar-refractivity contribution in [3.63, 3.8) is 0 Å². The molecule has 0 saturated heterocycles. The SMILES string of the molecule is CCC(CC)N(C)C(=O)CCCCCN. The van der Waals surface area contributed by atoms with Crippen LogP contribution in [0, 0.1) is 0 Å². The molecule has 0 radical (unpaired) electrons. The Morgan fingerprint density at radius 3 is 2.27 bits per heavy atom. The molecule has 0 heterocycles. The van der Waals surface area contributed by atoms with E-state index in [1.165, 1.54) is 0 Å². The first-order valence-electron chi connectivity index (χ1n) is 6.13. The quantitative estimate of drug-likeness (QED) is 0.629. The molecule has 0 saturated carbocycles. The smallest absolute Gasteiger partial charge is 0.222 e. The molecule has 0 bridgehead atoms. The van der Waals surface area contributed by atoms with Crippen molar-refractivity contribution in [2.75, 3.05) is 13.6 Å². The van der Waals surface area contributed by atoms with Gasteiger partial charge in [0.1, 0.15) is 0 Å². The van der Waals surface area contributed by atoms with Crippen LogP contribution in [-0.2, 0) is 4.79 Å². The molecular formula is C12H26N2O. The number of hydrogen-bond acceptors (Lipinski definition) is 2. The molecule has 0 rings (SSSR count). The summed E-state index contributed by atoms with van der Waals surface area (Å²) in [6.45, 7) is 5.00. The van der Waals surface area contributed by atoms with Gasteiger partial charge in [-0.25, -0.2) is 0 Å². The van der Waals surface area contributed by atoms with E-state index in [-0.39, 0.29) is 5.91 Å². The summed E-state index contributed by atoms with van der Waals surface area (Å²) in [6, 6.07) is 0.409. The Hall–Kier alpha value is -0.570. The maximum atomic E-state index is 11.8. The van der Waals surface area contributed by atoms with Crippen LogP contribution in [0.3, 0.4) is 0 Å². The Labute approximate surface area is 94.0 Å². The summed E-state index contributed by atoms with van der Waals surface area (Å²) in [5.74, 6) is 0.278. The van der Waals surface area contributed by atoms with Crippen LogP contribution >= 0.6 is 0 Å². The van der Waals surface area contributed by atoms with Crippen molar-refractivity contribution in [2.24, 2.45) is 5.73 Å². The van der Waals surface area contributed by atoms with Crippen molar-refractivity contribution in [3.8, 4) is 0 Å². The molecule has 0 aliphatic rings. The molecule has 1 amide bonds. The second kappa shape index (κ2) is 8.72. The topological polar surface area (TPSA) is 46.3 Å². The zero-order valence-electron chi connectivity index (χ0n) is 10.5. The summed E-state index contributed by atoms with van der Waals surface area (Å²) in [5, 5.41) is 0. The first-order chi connectivity index (χ1) is 7.17. The lowest BCUT2D eigenvalue weighted by molar-refractivity contribution is -0.132. The fourth-order valence-corrected chi connectivity index (χ4v) is 1.81. The van der Waals surface area contributed by atoms with Crippen molar-refractivity contribution in [1.29, 1.82) is 0 Å². The van der Waals surface area contributed by atoms with E-state index in [9.17, 15) is 4.79 Å². The lowest BCUT2D eigenvalue weighted by atomic mass is 10.1. The summed E-state index contributed by atoms with van der Waals surface area (Å²) >= 11 is 0. The van der Waals surface area contributed by atoms with Crippen LogP contribution in [0.15, 0.2) is 0 Å². The number of nitrogens with zero attached hydrogens (tertiary/aromatic N) is 1. The Bertz CT molecular complexity index is 167. The molecule has 3 nitrogen and oxygen atoms in total. The molecule has 0 aliphatic heterocycles. The molecule has 15 heavy (non-hydrogen) atoms. The number of amides is 1. The van der Waals surface area contributed by atoms with Gasteiger partial charge in [0, 0.05) is 19.5 Å². The lowest BCUT2D eigenvalue weighted by Crippen LogP contribution is -2.36. The van der Waals surface area contributed by atoms with Gasteiger partial charge in [0.05, 0.1) is 0 Å². The maximum Gasteiger partial charge on any atom is 0.222 e. The molecule has 0 aromatic heterocycles. The number of carbonyl (C=O) groups is 1. The van der Waals surface area contributed by atoms with Gasteiger partial charge in [0.15, 0.2) is 0 Å².